The fourth-order valence-electron chi connectivity index (χ4n) is 4.16. The van der Waals surface area contributed by atoms with Crippen molar-refractivity contribution in [2.24, 2.45) is 11.7 Å². The summed E-state index contributed by atoms with van der Waals surface area (Å²) in [7, 11) is 0. The largest absolute Gasteiger partial charge is 0.334 e. The minimum atomic E-state index is -0.323. The monoisotopic (exact) mass is 342 g/mol. The number of fused-ring (bicyclic) bond motifs is 1. The summed E-state index contributed by atoms with van der Waals surface area (Å²) in [4.78, 5) is 15.0. The normalized spacial score (nSPS) is 22.4. The molecule has 2 unspecified atom stereocenters. The summed E-state index contributed by atoms with van der Waals surface area (Å²) >= 11 is 0. The first kappa shape index (κ1) is 16.3. The molecule has 1 amide bonds. The van der Waals surface area contributed by atoms with Crippen molar-refractivity contribution < 1.29 is 9.18 Å². The molecule has 25 heavy (non-hydrogen) atoms. The van der Waals surface area contributed by atoms with E-state index in [1.807, 2.05) is 4.90 Å². The molecule has 0 radical (unpaired) electrons. The van der Waals surface area contributed by atoms with Crippen LogP contribution in [0.15, 0.2) is 24.3 Å². The lowest BCUT2D eigenvalue weighted by Crippen LogP contribution is -2.35. The van der Waals surface area contributed by atoms with Crippen molar-refractivity contribution in [2.75, 3.05) is 13.1 Å². The zero-order valence-corrected chi connectivity index (χ0v) is 14.4. The summed E-state index contributed by atoms with van der Waals surface area (Å²) in [5.74, 6) is -0.0197. The summed E-state index contributed by atoms with van der Waals surface area (Å²) < 4.78 is 15.9. The number of hydrogen-bond acceptors (Lipinski definition) is 3. The number of nitrogens with two attached hydrogens (primary N) is 1. The Morgan fingerprint density at radius 2 is 2.16 bits per heavy atom. The first-order chi connectivity index (χ1) is 12.1. The zero-order chi connectivity index (χ0) is 17.6. The number of benzene rings is 1. The van der Waals surface area contributed by atoms with Crippen LogP contribution in [0.3, 0.4) is 0 Å². The standard InChI is InChI=1S/C19H23FN4O/c1-12-9-13(10-21)11-23(12)19(25)18-14-5-4-8-16(14)24(22-18)17-7-3-2-6-15(17)20/h2-3,6-7,12-13H,4-5,8-11,21H2,1H3. The second-order valence-corrected chi connectivity index (χ2v) is 7.13. The van der Waals surface area contributed by atoms with Gasteiger partial charge in [-0.3, -0.25) is 4.79 Å². The average molecular weight is 342 g/mol. The summed E-state index contributed by atoms with van der Waals surface area (Å²) in [6.45, 7) is 3.33. The number of rotatable bonds is 3. The Balaban J connectivity index is 1.73. The predicted molar refractivity (Wildman–Crippen MR) is 93.2 cm³/mol. The van der Waals surface area contributed by atoms with E-state index >= 15 is 0 Å². The Labute approximate surface area is 146 Å². The Bertz CT molecular complexity index is 816. The van der Waals surface area contributed by atoms with Gasteiger partial charge in [-0.25, -0.2) is 9.07 Å². The van der Waals surface area contributed by atoms with E-state index in [2.05, 4.69) is 12.0 Å². The third kappa shape index (κ3) is 2.65. The van der Waals surface area contributed by atoms with Crippen LogP contribution < -0.4 is 5.73 Å². The van der Waals surface area contributed by atoms with Gasteiger partial charge < -0.3 is 10.6 Å². The predicted octanol–water partition coefficient (Wildman–Crippen LogP) is 2.31. The van der Waals surface area contributed by atoms with E-state index < -0.39 is 0 Å². The summed E-state index contributed by atoms with van der Waals surface area (Å²) in [6.07, 6.45) is 3.56. The minimum absolute atomic E-state index is 0.0447. The summed E-state index contributed by atoms with van der Waals surface area (Å²) in [5, 5.41) is 4.55. The van der Waals surface area contributed by atoms with Crippen LogP contribution in [0.25, 0.3) is 5.69 Å². The molecule has 132 valence electrons. The van der Waals surface area contributed by atoms with E-state index in [0.29, 0.717) is 30.4 Å². The second kappa shape index (κ2) is 6.26. The second-order valence-electron chi connectivity index (χ2n) is 7.13. The van der Waals surface area contributed by atoms with E-state index in [4.69, 9.17) is 5.73 Å². The first-order valence-corrected chi connectivity index (χ1v) is 8.97. The van der Waals surface area contributed by atoms with Gasteiger partial charge in [0.05, 0.1) is 0 Å². The molecule has 6 heteroatoms. The number of carbonyl (C=O) groups excluding carboxylic acids is 1. The molecule has 1 aliphatic heterocycles. The maximum absolute atomic E-state index is 14.2. The fraction of sp³-hybridized carbons (Fsp3) is 0.474. The highest BCUT2D eigenvalue weighted by molar-refractivity contribution is 5.94. The van der Waals surface area contributed by atoms with Crippen LogP contribution in [-0.2, 0) is 12.8 Å². The molecule has 0 spiro atoms. The Hall–Kier alpha value is -2.21. The number of amides is 1. The van der Waals surface area contributed by atoms with Crippen LogP contribution in [-0.4, -0.2) is 39.7 Å². The molecule has 1 fully saturated rings. The average Bonchev–Trinajstić information content (AvgIpc) is 3.29. The van der Waals surface area contributed by atoms with Gasteiger partial charge in [0.15, 0.2) is 5.69 Å². The van der Waals surface area contributed by atoms with Gasteiger partial charge in [0.1, 0.15) is 11.5 Å². The molecule has 1 saturated heterocycles. The number of halogens is 1. The smallest absolute Gasteiger partial charge is 0.274 e. The van der Waals surface area contributed by atoms with E-state index in [1.54, 1.807) is 22.9 Å². The van der Waals surface area contributed by atoms with Crippen LogP contribution in [0.1, 0.15) is 41.5 Å². The molecule has 1 aliphatic carbocycles. The zero-order valence-electron chi connectivity index (χ0n) is 14.4. The lowest BCUT2D eigenvalue weighted by Gasteiger charge is -2.20. The third-order valence-electron chi connectivity index (χ3n) is 5.47. The Morgan fingerprint density at radius 1 is 1.36 bits per heavy atom. The lowest BCUT2D eigenvalue weighted by atomic mass is 10.1. The molecule has 2 aliphatic rings. The SMILES string of the molecule is CC1CC(CN)CN1C(=O)c1nn(-c2ccccc2F)c2c1CCC2. The van der Waals surface area contributed by atoms with Crippen LogP contribution in [0.5, 0.6) is 0 Å². The van der Waals surface area contributed by atoms with Crippen LogP contribution in [0.2, 0.25) is 0 Å². The Morgan fingerprint density at radius 3 is 2.88 bits per heavy atom. The quantitative estimate of drug-likeness (QED) is 0.931. The van der Waals surface area contributed by atoms with Crippen molar-refractivity contribution in [3.05, 3.63) is 47.0 Å². The van der Waals surface area contributed by atoms with E-state index in [9.17, 15) is 9.18 Å². The molecule has 0 saturated carbocycles. The topological polar surface area (TPSA) is 64.2 Å². The maximum atomic E-state index is 14.2. The van der Waals surface area contributed by atoms with Gasteiger partial charge in [0, 0.05) is 23.8 Å². The first-order valence-electron chi connectivity index (χ1n) is 8.97. The van der Waals surface area contributed by atoms with Gasteiger partial charge in [-0.2, -0.15) is 5.10 Å². The van der Waals surface area contributed by atoms with E-state index in [-0.39, 0.29) is 17.8 Å². The molecule has 2 N–H and O–H groups in total. The molecule has 2 atom stereocenters. The number of carbonyl (C=O) groups is 1. The van der Waals surface area contributed by atoms with Crippen molar-refractivity contribution in [3.63, 3.8) is 0 Å². The highest BCUT2D eigenvalue weighted by Gasteiger charge is 2.36. The van der Waals surface area contributed by atoms with Gasteiger partial charge >= 0.3 is 0 Å². The lowest BCUT2D eigenvalue weighted by molar-refractivity contribution is 0.0736. The maximum Gasteiger partial charge on any atom is 0.274 e. The van der Waals surface area contributed by atoms with Crippen molar-refractivity contribution >= 4 is 5.91 Å². The number of aromatic nitrogens is 2. The van der Waals surface area contributed by atoms with Crippen molar-refractivity contribution in [2.45, 2.75) is 38.6 Å². The summed E-state index contributed by atoms with van der Waals surface area (Å²) in [6, 6.07) is 6.74. The van der Waals surface area contributed by atoms with Crippen molar-refractivity contribution in [1.82, 2.24) is 14.7 Å². The molecule has 5 nitrogen and oxygen atoms in total. The summed E-state index contributed by atoms with van der Waals surface area (Å²) in [5.41, 5.74) is 8.63. The van der Waals surface area contributed by atoms with Crippen LogP contribution in [0.4, 0.5) is 4.39 Å². The molecule has 0 bridgehead atoms. The third-order valence-corrected chi connectivity index (χ3v) is 5.47. The van der Waals surface area contributed by atoms with E-state index in [0.717, 1.165) is 36.9 Å². The number of likely N-dealkylation sites (tertiary alicyclic amines) is 1. The number of hydrogen-bond donors (Lipinski definition) is 1. The van der Waals surface area contributed by atoms with Crippen LogP contribution in [0, 0.1) is 11.7 Å². The Kier molecular flexibility index (Phi) is 4.07. The number of nitrogens with zero attached hydrogens (tertiary/aromatic N) is 3. The van der Waals surface area contributed by atoms with E-state index in [1.165, 1.54) is 6.07 Å². The highest BCUT2D eigenvalue weighted by atomic mass is 19.1. The van der Waals surface area contributed by atoms with Gasteiger partial charge in [-0.05, 0) is 57.2 Å². The van der Waals surface area contributed by atoms with Gasteiger partial charge in [0.25, 0.3) is 5.91 Å². The van der Waals surface area contributed by atoms with Crippen molar-refractivity contribution in [3.8, 4) is 5.69 Å². The molecule has 2 heterocycles. The fourth-order valence-corrected chi connectivity index (χ4v) is 4.16. The minimum Gasteiger partial charge on any atom is -0.334 e. The molecular formula is C19H23FN4O. The van der Waals surface area contributed by atoms with Crippen molar-refractivity contribution in [1.29, 1.82) is 0 Å². The molecule has 2 aromatic rings. The molecule has 4 rings (SSSR count). The van der Waals surface area contributed by atoms with Gasteiger partial charge in [-0.15, -0.1) is 0 Å². The molecule has 1 aromatic heterocycles. The highest BCUT2D eigenvalue weighted by Crippen LogP contribution is 2.31. The van der Waals surface area contributed by atoms with Crippen LogP contribution >= 0.6 is 0 Å². The van der Waals surface area contributed by atoms with Gasteiger partial charge in [0.2, 0.25) is 0 Å². The van der Waals surface area contributed by atoms with Gasteiger partial charge in [-0.1, -0.05) is 12.1 Å². The molecular weight excluding hydrogens is 319 g/mol. The molecule has 1 aromatic carbocycles. The number of para-hydroxylation sites is 1.